The first kappa shape index (κ1) is 16.5. The van der Waals surface area contributed by atoms with Crippen molar-refractivity contribution in [1.82, 2.24) is 0 Å². The second-order valence-electron chi connectivity index (χ2n) is 6.85. The Morgan fingerprint density at radius 1 is 1.05 bits per heavy atom. The highest BCUT2D eigenvalue weighted by Crippen LogP contribution is 2.48. The zero-order valence-electron chi connectivity index (χ0n) is 13.5. The zero-order valence-corrected chi connectivity index (χ0v) is 14.5. The van der Waals surface area contributed by atoms with Crippen LogP contribution in [0, 0.1) is 0 Å². The van der Waals surface area contributed by atoms with Crippen LogP contribution in [-0.2, 0) is 4.79 Å². The molecule has 1 aliphatic carbocycles. The third-order valence-corrected chi connectivity index (χ3v) is 12.0. The van der Waals surface area contributed by atoms with Crippen molar-refractivity contribution in [2.45, 2.75) is 83.8 Å². The molecule has 108 valence electrons. The first-order chi connectivity index (χ1) is 8.88. The molecule has 0 aliphatic heterocycles. The summed E-state index contributed by atoms with van der Waals surface area (Å²) < 4.78 is 0. The lowest BCUT2D eigenvalue weighted by Gasteiger charge is -2.44. The summed E-state index contributed by atoms with van der Waals surface area (Å²) in [6.45, 7) is 13.9. The lowest BCUT2D eigenvalue weighted by molar-refractivity contribution is 0.567. The number of rotatable bonds is 5. The minimum atomic E-state index is -1.82. The molecule has 2 heteroatoms. The zero-order chi connectivity index (χ0) is 14.6. The van der Waals surface area contributed by atoms with Crippen molar-refractivity contribution in [2.24, 2.45) is 0 Å². The van der Waals surface area contributed by atoms with E-state index in [1.165, 1.54) is 18.4 Å². The molecule has 0 atom stereocenters. The molecule has 0 amide bonds. The summed E-state index contributed by atoms with van der Waals surface area (Å²) in [6.07, 6.45) is 7.05. The Morgan fingerprint density at radius 3 is 1.89 bits per heavy atom. The minimum Gasteiger partial charge on any atom is -0.234 e. The van der Waals surface area contributed by atoms with Gasteiger partial charge in [0, 0.05) is 5.20 Å². The maximum atomic E-state index is 11.8. The SMILES string of the molecule is CC(C)[Si](C(=C=O)C1=CCCCC1)(C(C)C)C(C)C. The van der Waals surface area contributed by atoms with Crippen molar-refractivity contribution in [3.63, 3.8) is 0 Å². The Balaban J connectivity index is 3.37. The molecule has 0 aromatic carbocycles. The van der Waals surface area contributed by atoms with Gasteiger partial charge in [-0.3, -0.25) is 0 Å². The molecule has 0 unspecified atom stereocenters. The van der Waals surface area contributed by atoms with Gasteiger partial charge in [0.25, 0.3) is 0 Å². The molecular weight excluding hydrogens is 248 g/mol. The molecule has 0 aromatic heterocycles. The van der Waals surface area contributed by atoms with Crippen molar-refractivity contribution in [1.29, 1.82) is 0 Å². The van der Waals surface area contributed by atoms with Crippen molar-refractivity contribution in [2.75, 3.05) is 0 Å². The molecule has 1 rings (SSSR count). The minimum absolute atomic E-state index is 0.590. The number of carbonyl (C=O) groups excluding carboxylic acids is 1. The Hall–Kier alpha value is -0.593. The third-order valence-electron chi connectivity index (χ3n) is 5.01. The Morgan fingerprint density at radius 2 is 1.58 bits per heavy atom. The monoisotopic (exact) mass is 278 g/mol. The number of allylic oxidation sites excluding steroid dienone is 3. The Labute approximate surface area is 120 Å². The molecule has 1 aliphatic rings. The van der Waals surface area contributed by atoms with Crippen LogP contribution in [0.4, 0.5) is 0 Å². The van der Waals surface area contributed by atoms with Crippen molar-refractivity contribution in [3.8, 4) is 0 Å². The molecule has 0 heterocycles. The fourth-order valence-corrected chi connectivity index (χ4v) is 11.1. The van der Waals surface area contributed by atoms with Gasteiger partial charge in [-0.05, 0) is 47.9 Å². The van der Waals surface area contributed by atoms with Gasteiger partial charge < -0.3 is 0 Å². The van der Waals surface area contributed by atoms with E-state index in [4.69, 9.17) is 0 Å². The standard InChI is InChI=1S/C17H30OSi/c1-13(2)19(14(3)4,15(5)6)17(12-18)16-10-8-7-9-11-16/h10,13-15H,7-9,11H2,1-6H3. The van der Waals surface area contributed by atoms with Crippen molar-refractivity contribution < 1.29 is 4.79 Å². The largest absolute Gasteiger partial charge is 0.234 e. The average Bonchev–Trinajstić information content (AvgIpc) is 2.35. The van der Waals surface area contributed by atoms with E-state index in [0.717, 1.165) is 18.0 Å². The lowest BCUT2D eigenvalue weighted by atomic mass is 9.99. The Kier molecular flexibility index (Phi) is 5.82. The molecule has 19 heavy (non-hydrogen) atoms. The molecule has 0 N–H and O–H groups in total. The summed E-state index contributed by atoms with van der Waals surface area (Å²) in [6, 6.07) is 0. The summed E-state index contributed by atoms with van der Waals surface area (Å²) in [5.41, 5.74) is 3.11. The quantitative estimate of drug-likeness (QED) is 0.482. The van der Waals surface area contributed by atoms with Crippen LogP contribution in [0.1, 0.15) is 67.2 Å². The van der Waals surface area contributed by atoms with Crippen LogP contribution in [0.25, 0.3) is 0 Å². The molecule has 1 nitrogen and oxygen atoms in total. The van der Waals surface area contributed by atoms with Gasteiger partial charge >= 0.3 is 0 Å². The van der Waals surface area contributed by atoms with Crippen LogP contribution in [0.5, 0.6) is 0 Å². The molecule has 0 saturated heterocycles. The molecular formula is C17H30OSi. The first-order valence-electron chi connectivity index (χ1n) is 7.83. The van der Waals surface area contributed by atoms with E-state index in [2.05, 4.69) is 53.6 Å². The van der Waals surface area contributed by atoms with Gasteiger partial charge in [0.05, 0.1) is 0 Å². The summed E-state index contributed by atoms with van der Waals surface area (Å²) in [4.78, 5) is 11.8. The normalized spacial score (nSPS) is 16.8. The smallest absolute Gasteiger partial charge is 0.123 e. The van der Waals surface area contributed by atoms with Crippen molar-refractivity contribution in [3.05, 3.63) is 16.8 Å². The van der Waals surface area contributed by atoms with Crippen LogP contribution < -0.4 is 0 Å². The summed E-state index contributed by atoms with van der Waals surface area (Å²) >= 11 is 0. The molecule has 0 fully saturated rings. The fourth-order valence-electron chi connectivity index (χ4n) is 4.36. The van der Waals surface area contributed by atoms with Gasteiger partial charge in [-0.25, -0.2) is 4.79 Å². The van der Waals surface area contributed by atoms with Crippen LogP contribution in [0.15, 0.2) is 16.8 Å². The maximum Gasteiger partial charge on any atom is 0.123 e. The van der Waals surface area contributed by atoms with E-state index >= 15 is 0 Å². The van der Waals surface area contributed by atoms with Crippen molar-refractivity contribution >= 4 is 14.0 Å². The van der Waals surface area contributed by atoms with Crippen LogP contribution in [-0.4, -0.2) is 14.0 Å². The predicted molar refractivity (Wildman–Crippen MR) is 86.8 cm³/mol. The third kappa shape index (κ3) is 2.95. The highest BCUT2D eigenvalue weighted by molar-refractivity contribution is 6.91. The molecule has 0 spiro atoms. The molecule has 0 aromatic rings. The second-order valence-corrected chi connectivity index (χ2v) is 12.7. The molecule has 0 bridgehead atoms. The Bertz CT molecular complexity index is 362. The maximum absolute atomic E-state index is 11.8. The number of hydrogen-bond acceptors (Lipinski definition) is 1. The van der Waals surface area contributed by atoms with Gasteiger partial charge in [0.2, 0.25) is 0 Å². The first-order valence-corrected chi connectivity index (χ1v) is 10.1. The molecule has 0 saturated carbocycles. The summed E-state index contributed by atoms with van der Waals surface area (Å²) in [5, 5.41) is 1.10. The predicted octanol–water partition coefficient (Wildman–Crippen LogP) is 5.46. The van der Waals surface area contributed by atoms with Gasteiger partial charge in [-0.2, -0.15) is 0 Å². The summed E-state index contributed by atoms with van der Waals surface area (Å²) in [7, 11) is -1.82. The summed E-state index contributed by atoms with van der Waals surface area (Å²) in [5.74, 6) is 2.42. The molecule has 0 radical (unpaired) electrons. The van der Waals surface area contributed by atoms with E-state index < -0.39 is 8.07 Å². The highest BCUT2D eigenvalue weighted by atomic mass is 28.3. The van der Waals surface area contributed by atoms with E-state index in [0.29, 0.717) is 16.6 Å². The lowest BCUT2D eigenvalue weighted by Crippen LogP contribution is -2.47. The van der Waals surface area contributed by atoms with Crippen LogP contribution in [0.2, 0.25) is 16.6 Å². The van der Waals surface area contributed by atoms with Crippen LogP contribution >= 0.6 is 0 Å². The van der Waals surface area contributed by atoms with E-state index in [1.54, 1.807) is 0 Å². The average molecular weight is 279 g/mol. The highest BCUT2D eigenvalue weighted by Gasteiger charge is 2.47. The van der Waals surface area contributed by atoms with E-state index in [9.17, 15) is 4.79 Å². The topological polar surface area (TPSA) is 17.1 Å². The fraction of sp³-hybridized carbons (Fsp3) is 0.765. The number of hydrogen-bond donors (Lipinski definition) is 0. The van der Waals surface area contributed by atoms with Crippen LogP contribution in [0.3, 0.4) is 0 Å². The van der Waals surface area contributed by atoms with Gasteiger partial charge in [-0.15, -0.1) is 0 Å². The van der Waals surface area contributed by atoms with E-state index in [-0.39, 0.29) is 0 Å². The van der Waals surface area contributed by atoms with Gasteiger partial charge in [-0.1, -0.05) is 47.6 Å². The van der Waals surface area contributed by atoms with Gasteiger partial charge in [0.15, 0.2) is 0 Å². The second kappa shape index (κ2) is 6.72. The van der Waals surface area contributed by atoms with E-state index in [1.807, 2.05) is 0 Å². The van der Waals surface area contributed by atoms with Gasteiger partial charge in [0.1, 0.15) is 14.0 Å².